The first kappa shape index (κ1) is 25.3. The highest BCUT2D eigenvalue weighted by molar-refractivity contribution is 5.96. The second kappa shape index (κ2) is 9.36. The molecular formula is C29H27F4N5O. The Morgan fingerprint density at radius 2 is 1.92 bits per heavy atom. The molecule has 4 aromatic rings. The third kappa shape index (κ3) is 5.07. The second-order valence-electron chi connectivity index (χ2n) is 10.5. The van der Waals surface area contributed by atoms with Crippen molar-refractivity contribution < 1.29 is 22.4 Å². The van der Waals surface area contributed by atoms with Crippen LogP contribution in [0.5, 0.6) is 0 Å². The van der Waals surface area contributed by atoms with Crippen LogP contribution < -0.4 is 10.6 Å². The molecule has 202 valence electrons. The number of fused-ring (bicyclic) bond motifs is 1. The van der Waals surface area contributed by atoms with Crippen molar-refractivity contribution in [2.75, 3.05) is 11.9 Å². The van der Waals surface area contributed by atoms with Gasteiger partial charge in [-0.1, -0.05) is 18.2 Å². The molecule has 0 atom stereocenters. The van der Waals surface area contributed by atoms with Crippen molar-refractivity contribution in [1.29, 1.82) is 0 Å². The molecule has 0 aliphatic heterocycles. The first-order valence-electron chi connectivity index (χ1n) is 13.0. The van der Waals surface area contributed by atoms with Gasteiger partial charge >= 0.3 is 6.18 Å². The average molecular weight is 538 g/mol. The number of anilines is 1. The Bertz CT molecular complexity index is 1570. The number of nitrogens with one attached hydrogen (secondary N) is 2. The van der Waals surface area contributed by atoms with Gasteiger partial charge in [0.15, 0.2) is 5.65 Å². The Labute approximate surface area is 222 Å². The fourth-order valence-corrected chi connectivity index (χ4v) is 5.04. The molecule has 6 rings (SSSR count). The number of hydrogen-bond acceptors (Lipinski definition) is 4. The van der Waals surface area contributed by atoms with Gasteiger partial charge < -0.3 is 10.6 Å². The minimum Gasteiger partial charge on any atom is -0.382 e. The van der Waals surface area contributed by atoms with Crippen LogP contribution in [0.15, 0.2) is 54.7 Å². The quantitative estimate of drug-likeness (QED) is 0.263. The highest BCUT2D eigenvalue weighted by atomic mass is 19.4. The fraction of sp³-hybridized carbons (Fsp3) is 0.345. The van der Waals surface area contributed by atoms with Gasteiger partial charge in [0, 0.05) is 29.1 Å². The summed E-state index contributed by atoms with van der Waals surface area (Å²) in [7, 11) is 0. The maximum absolute atomic E-state index is 14.1. The van der Waals surface area contributed by atoms with Crippen LogP contribution >= 0.6 is 0 Å². The number of alkyl halides is 3. The lowest BCUT2D eigenvalue weighted by atomic mass is 9.92. The lowest BCUT2D eigenvalue weighted by Crippen LogP contribution is -2.26. The number of imidazole rings is 1. The molecule has 2 heterocycles. The van der Waals surface area contributed by atoms with E-state index in [1.807, 2.05) is 25.1 Å². The van der Waals surface area contributed by atoms with E-state index in [1.54, 1.807) is 28.9 Å². The number of carbonyl (C=O) groups is 1. The van der Waals surface area contributed by atoms with E-state index in [4.69, 9.17) is 5.10 Å². The third-order valence-electron chi connectivity index (χ3n) is 7.49. The summed E-state index contributed by atoms with van der Waals surface area (Å²) >= 11 is 0. The summed E-state index contributed by atoms with van der Waals surface area (Å²) in [6, 6.07) is 13.8. The smallest absolute Gasteiger partial charge is 0.382 e. The molecule has 1 amide bonds. The van der Waals surface area contributed by atoms with Crippen LogP contribution in [-0.2, 0) is 5.41 Å². The van der Waals surface area contributed by atoms with Crippen LogP contribution in [0.1, 0.15) is 59.3 Å². The summed E-state index contributed by atoms with van der Waals surface area (Å²) in [4.78, 5) is 17.1. The second-order valence-corrected chi connectivity index (χ2v) is 10.5. The van der Waals surface area contributed by atoms with Crippen LogP contribution in [0.25, 0.3) is 16.9 Å². The summed E-state index contributed by atoms with van der Waals surface area (Å²) < 4.78 is 54.4. The number of aryl methyl sites for hydroxylation is 1. The predicted molar refractivity (Wildman–Crippen MR) is 139 cm³/mol. The number of halogens is 4. The van der Waals surface area contributed by atoms with E-state index >= 15 is 0 Å². The third-order valence-corrected chi connectivity index (χ3v) is 7.49. The zero-order chi connectivity index (χ0) is 27.4. The van der Waals surface area contributed by atoms with E-state index in [2.05, 4.69) is 15.6 Å². The molecule has 2 aromatic carbocycles. The summed E-state index contributed by atoms with van der Waals surface area (Å²) in [5.74, 6) is -0.463. The fourth-order valence-electron chi connectivity index (χ4n) is 5.04. The Morgan fingerprint density at radius 3 is 2.59 bits per heavy atom. The number of aromatic nitrogens is 3. The van der Waals surface area contributed by atoms with Gasteiger partial charge in [-0.2, -0.15) is 18.3 Å². The number of rotatable bonds is 8. The molecule has 0 saturated heterocycles. The molecule has 0 unspecified atom stereocenters. The van der Waals surface area contributed by atoms with E-state index in [9.17, 15) is 22.4 Å². The average Bonchev–Trinajstić information content (AvgIpc) is 3.81. The maximum atomic E-state index is 14.1. The molecule has 39 heavy (non-hydrogen) atoms. The molecule has 2 fully saturated rings. The van der Waals surface area contributed by atoms with Gasteiger partial charge in [0.25, 0.3) is 5.91 Å². The highest BCUT2D eigenvalue weighted by Gasteiger charge is 2.48. The van der Waals surface area contributed by atoms with Gasteiger partial charge in [-0.25, -0.2) is 13.9 Å². The molecule has 2 aromatic heterocycles. The predicted octanol–water partition coefficient (Wildman–Crippen LogP) is 6.18. The van der Waals surface area contributed by atoms with Crippen molar-refractivity contribution in [3.05, 3.63) is 82.9 Å². The molecule has 0 bridgehead atoms. The van der Waals surface area contributed by atoms with E-state index in [0.717, 1.165) is 42.4 Å². The van der Waals surface area contributed by atoms with Gasteiger partial charge in [0.2, 0.25) is 0 Å². The van der Waals surface area contributed by atoms with Crippen LogP contribution in [-0.4, -0.2) is 39.3 Å². The monoisotopic (exact) mass is 537 g/mol. The van der Waals surface area contributed by atoms with E-state index in [0.29, 0.717) is 28.3 Å². The number of amides is 1. The molecule has 6 nitrogen and oxygen atoms in total. The SMILES string of the molecule is Cc1cc(-c2cnc3c(NCCC(F)(F)F)cc(C4(c5cccc(F)c5)CC4)nn23)ccc1C(=O)NC1CC1. The Kier molecular flexibility index (Phi) is 6.08. The van der Waals surface area contributed by atoms with Crippen molar-refractivity contribution in [2.45, 2.75) is 56.7 Å². The molecule has 0 radical (unpaired) electrons. The molecule has 2 saturated carbocycles. The standard InChI is InChI=1S/C29H27F4N5O/c1-17-13-18(5-8-22(17)27(39)36-21-6-7-21)24-16-35-26-23(34-12-11-29(31,32)33)15-25(37-38(24)26)28(9-10-28)19-3-2-4-20(30)14-19/h2-5,8,13-16,21,34H,6-7,9-12H2,1H3,(H,36,39). The molecular weight excluding hydrogens is 510 g/mol. The minimum atomic E-state index is -4.30. The Hall–Kier alpha value is -3.95. The van der Waals surface area contributed by atoms with Crippen molar-refractivity contribution >= 4 is 17.2 Å². The van der Waals surface area contributed by atoms with Crippen molar-refractivity contribution in [3.8, 4) is 11.3 Å². The molecule has 2 N–H and O–H groups in total. The van der Waals surface area contributed by atoms with Crippen LogP contribution in [0.2, 0.25) is 0 Å². The Morgan fingerprint density at radius 1 is 1.13 bits per heavy atom. The Balaban J connectivity index is 1.42. The normalized spacial score (nSPS) is 16.3. The summed E-state index contributed by atoms with van der Waals surface area (Å²) in [6.07, 6.45) is -0.200. The lowest BCUT2D eigenvalue weighted by molar-refractivity contribution is -0.131. The van der Waals surface area contributed by atoms with E-state index < -0.39 is 18.0 Å². The van der Waals surface area contributed by atoms with Gasteiger partial charge in [-0.3, -0.25) is 4.79 Å². The minimum absolute atomic E-state index is 0.109. The number of carbonyl (C=O) groups excluding carboxylic acids is 1. The topological polar surface area (TPSA) is 71.3 Å². The number of benzene rings is 2. The molecule has 2 aliphatic carbocycles. The summed E-state index contributed by atoms with van der Waals surface area (Å²) in [5.41, 5.74) is 4.48. The molecule has 0 spiro atoms. The summed E-state index contributed by atoms with van der Waals surface area (Å²) in [6.45, 7) is 1.54. The largest absolute Gasteiger partial charge is 0.390 e. The maximum Gasteiger partial charge on any atom is 0.390 e. The van der Waals surface area contributed by atoms with Crippen LogP contribution in [0.4, 0.5) is 23.2 Å². The van der Waals surface area contributed by atoms with E-state index in [-0.39, 0.29) is 24.3 Å². The highest BCUT2D eigenvalue weighted by Crippen LogP contribution is 2.53. The lowest BCUT2D eigenvalue weighted by Gasteiger charge is -2.18. The zero-order valence-corrected chi connectivity index (χ0v) is 21.3. The van der Waals surface area contributed by atoms with Crippen molar-refractivity contribution in [3.63, 3.8) is 0 Å². The number of nitrogens with zero attached hydrogens (tertiary/aromatic N) is 3. The van der Waals surface area contributed by atoms with Gasteiger partial charge in [-0.05, 0) is 74.1 Å². The first-order valence-corrected chi connectivity index (χ1v) is 13.0. The van der Waals surface area contributed by atoms with Gasteiger partial charge in [0.1, 0.15) is 5.82 Å². The number of hydrogen-bond donors (Lipinski definition) is 2. The van der Waals surface area contributed by atoms with Crippen molar-refractivity contribution in [2.24, 2.45) is 0 Å². The van der Waals surface area contributed by atoms with Gasteiger partial charge in [0.05, 0.1) is 29.7 Å². The molecule has 10 heteroatoms. The van der Waals surface area contributed by atoms with Crippen LogP contribution in [0.3, 0.4) is 0 Å². The van der Waals surface area contributed by atoms with Gasteiger partial charge in [-0.15, -0.1) is 0 Å². The molecule has 2 aliphatic rings. The van der Waals surface area contributed by atoms with E-state index in [1.165, 1.54) is 12.1 Å². The van der Waals surface area contributed by atoms with Crippen molar-refractivity contribution in [1.82, 2.24) is 19.9 Å². The summed E-state index contributed by atoms with van der Waals surface area (Å²) in [5, 5.41) is 10.8. The zero-order valence-electron chi connectivity index (χ0n) is 21.3. The first-order chi connectivity index (χ1) is 18.6. The van der Waals surface area contributed by atoms with Crippen LogP contribution in [0, 0.1) is 12.7 Å².